The van der Waals surface area contributed by atoms with Crippen LogP contribution < -0.4 is 0 Å². The van der Waals surface area contributed by atoms with Gasteiger partial charge in [0.05, 0.1) is 18.3 Å². The second-order valence-electron chi connectivity index (χ2n) is 6.72. The zero-order valence-electron chi connectivity index (χ0n) is 15.2. The first-order chi connectivity index (χ1) is 12.6. The van der Waals surface area contributed by atoms with E-state index in [1.807, 2.05) is 11.0 Å². The molecule has 1 saturated heterocycles. The molecule has 1 unspecified atom stereocenters. The Morgan fingerprint density at radius 3 is 2.46 bits per heavy atom. The Morgan fingerprint density at radius 2 is 1.73 bits per heavy atom. The van der Waals surface area contributed by atoms with Crippen molar-refractivity contribution in [2.75, 3.05) is 19.7 Å². The molecule has 2 aromatic carbocycles. The Labute approximate surface area is 154 Å². The van der Waals surface area contributed by atoms with Crippen molar-refractivity contribution in [3.05, 3.63) is 71.3 Å². The molecule has 1 atom stereocenters. The van der Waals surface area contributed by atoms with Crippen molar-refractivity contribution in [3.8, 4) is 0 Å². The molecule has 0 aromatic heterocycles. The van der Waals surface area contributed by atoms with Gasteiger partial charge >= 0.3 is 0 Å². The van der Waals surface area contributed by atoms with Gasteiger partial charge in [-0.25, -0.2) is 0 Å². The Balaban J connectivity index is 1.58. The number of morpholine rings is 1. The van der Waals surface area contributed by atoms with Crippen LogP contribution in [0.15, 0.2) is 54.6 Å². The van der Waals surface area contributed by atoms with Crippen molar-refractivity contribution in [1.29, 1.82) is 0 Å². The third-order valence-electron chi connectivity index (χ3n) is 4.80. The maximum atomic E-state index is 12.9. The Kier molecular flexibility index (Phi) is 6.18. The summed E-state index contributed by atoms with van der Waals surface area (Å²) in [6, 6.07) is 17.4. The number of benzene rings is 2. The molecule has 1 heterocycles. The van der Waals surface area contributed by atoms with Gasteiger partial charge < -0.3 is 9.64 Å². The topological polar surface area (TPSA) is 46.6 Å². The molecule has 0 aliphatic carbocycles. The van der Waals surface area contributed by atoms with Crippen LogP contribution in [0, 0.1) is 0 Å². The normalized spacial score (nSPS) is 17.1. The minimum absolute atomic E-state index is 0.0564. The molecule has 136 valence electrons. The lowest BCUT2D eigenvalue weighted by molar-refractivity contribution is -0.0255. The zero-order valence-corrected chi connectivity index (χ0v) is 15.2. The second-order valence-corrected chi connectivity index (χ2v) is 6.72. The highest BCUT2D eigenvalue weighted by Gasteiger charge is 2.26. The lowest BCUT2D eigenvalue weighted by atomic mass is 10.0. The number of amides is 1. The van der Waals surface area contributed by atoms with Crippen LogP contribution in [0.2, 0.25) is 0 Å². The number of ketones is 1. The van der Waals surface area contributed by atoms with E-state index < -0.39 is 0 Å². The Hall–Kier alpha value is -2.46. The molecule has 1 aliphatic heterocycles. The van der Waals surface area contributed by atoms with Crippen molar-refractivity contribution < 1.29 is 14.3 Å². The summed E-state index contributed by atoms with van der Waals surface area (Å²) in [5.74, 6) is -0.159. The van der Waals surface area contributed by atoms with E-state index in [4.69, 9.17) is 4.74 Å². The lowest BCUT2D eigenvalue weighted by Crippen LogP contribution is -2.46. The van der Waals surface area contributed by atoms with E-state index >= 15 is 0 Å². The summed E-state index contributed by atoms with van der Waals surface area (Å²) in [5.41, 5.74) is 2.31. The molecule has 4 heteroatoms. The average Bonchev–Trinajstić information content (AvgIpc) is 2.68. The van der Waals surface area contributed by atoms with Gasteiger partial charge in [-0.15, -0.1) is 0 Å². The van der Waals surface area contributed by atoms with Gasteiger partial charge in [0.15, 0.2) is 5.78 Å². The SMILES string of the molecule is CC(=O)c1ccccc1C(=O)N1CCOC(CCCc2ccccc2)C1. The highest BCUT2D eigenvalue weighted by atomic mass is 16.5. The Morgan fingerprint density at radius 1 is 1.04 bits per heavy atom. The van der Waals surface area contributed by atoms with Gasteiger partial charge in [-0.05, 0) is 37.8 Å². The van der Waals surface area contributed by atoms with Crippen LogP contribution in [-0.4, -0.2) is 42.4 Å². The summed E-state index contributed by atoms with van der Waals surface area (Å²) >= 11 is 0. The Bertz CT molecular complexity index is 757. The number of carbonyl (C=O) groups excluding carboxylic acids is 2. The highest BCUT2D eigenvalue weighted by molar-refractivity contribution is 6.07. The number of nitrogens with zero attached hydrogens (tertiary/aromatic N) is 1. The maximum Gasteiger partial charge on any atom is 0.254 e. The molecule has 0 saturated carbocycles. The van der Waals surface area contributed by atoms with Crippen molar-refractivity contribution in [2.45, 2.75) is 32.3 Å². The summed E-state index contributed by atoms with van der Waals surface area (Å²) in [6.07, 6.45) is 3.02. The van der Waals surface area contributed by atoms with Crippen LogP contribution in [0.3, 0.4) is 0 Å². The van der Waals surface area contributed by atoms with E-state index in [1.165, 1.54) is 12.5 Å². The quantitative estimate of drug-likeness (QED) is 0.745. The standard InChI is InChI=1S/C22H25NO3/c1-17(24)20-12-5-6-13-21(20)22(25)23-14-15-26-19(16-23)11-7-10-18-8-3-2-4-9-18/h2-6,8-9,12-13,19H,7,10-11,14-16H2,1H3. The molecule has 1 amide bonds. The first-order valence-corrected chi connectivity index (χ1v) is 9.20. The number of aryl methyl sites for hydroxylation is 1. The number of rotatable bonds is 6. The number of ether oxygens (including phenoxy) is 1. The minimum Gasteiger partial charge on any atom is -0.375 e. The summed E-state index contributed by atoms with van der Waals surface area (Å²) < 4.78 is 5.85. The predicted octanol–water partition coefficient (Wildman–Crippen LogP) is 3.75. The van der Waals surface area contributed by atoms with E-state index in [9.17, 15) is 9.59 Å². The third kappa shape index (κ3) is 4.58. The zero-order chi connectivity index (χ0) is 18.4. The first kappa shape index (κ1) is 18.3. The van der Waals surface area contributed by atoms with Crippen molar-refractivity contribution in [1.82, 2.24) is 4.90 Å². The third-order valence-corrected chi connectivity index (χ3v) is 4.80. The number of hydrogen-bond donors (Lipinski definition) is 0. The molecule has 2 aromatic rings. The van der Waals surface area contributed by atoms with Crippen molar-refractivity contribution >= 4 is 11.7 Å². The van der Waals surface area contributed by atoms with E-state index in [2.05, 4.69) is 24.3 Å². The van der Waals surface area contributed by atoms with Gasteiger partial charge in [-0.2, -0.15) is 0 Å². The van der Waals surface area contributed by atoms with Crippen LogP contribution in [0.1, 0.15) is 46.0 Å². The van der Waals surface area contributed by atoms with Gasteiger partial charge in [0.1, 0.15) is 0 Å². The molecular weight excluding hydrogens is 326 g/mol. The highest BCUT2D eigenvalue weighted by Crippen LogP contribution is 2.18. The lowest BCUT2D eigenvalue weighted by Gasteiger charge is -2.33. The molecule has 0 bridgehead atoms. The van der Waals surface area contributed by atoms with Crippen LogP contribution in [-0.2, 0) is 11.2 Å². The largest absolute Gasteiger partial charge is 0.375 e. The van der Waals surface area contributed by atoms with Crippen LogP contribution >= 0.6 is 0 Å². The van der Waals surface area contributed by atoms with Gasteiger partial charge in [0, 0.05) is 18.7 Å². The predicted molar refractivity (Wildman–Crippen MR) is 101 cm³/mol. The molecule has 0 N–H and O–H groups in total. The first-order valence-electron chi connectivity index (χ1n) is 9.20. The molecular formula is C22H25NO3. The molecule has 0 radical (unpaired) electrons. The fourth-order valence-corrected chi connectivity index (χ4v) is 3.40. The summed E-state index contributed by atoms with van der Waals surface area (Å²) in [4.78, 5) is 26.5. The van der Waals surface area contributed by atoms with E-state index in [1.54, 1.807) is 24.3 Å². The summed E-state index contributed by atoms with van der Waals surface area (Å²) in [6.45, 7) is 3.20. The summed E-state index contributed by atoms with van der Waals surface area (Å²) in [7, 11) is 0. The monoisotopic (exact) mass is 351 g/mol. The molecule has 0 spiro atoms. The molecule has 4 nitrogen and oxygen atoms in total. The molecule has 26 heavy (non-hydrogen) atoms. The van der Waals surface area contributed by atoms with E-state index in [0.717, 1.165) is 19.3 Å². The van der Waals surface area contributed by atoms with E-state index in [0.29, 0.717) is 30.8 Å². The van der Waals surface area contributed by atoms with Gasteiger partial charge in [-0.1, -0.05) is 48.5 Å². The number of Topliss-reactive ketones (excluding diaryl/α,β-unsaturated/α-hetero) is 1. The van der Waals surface area contributed by atoms with Crippen molar-refractivity contribution in [3.63, 3.8) is 0 Å². The van der Waals surface area contributed by atoms with Crippen LogP contribution in [0.25, 0.3) is 0 Å². The van der Waals surface area contributed by atoms with Crippen molar-refractivity contribution in [2.24, 2.45) is 0 Å². The number of hydrogen-bond acceptors (Lipinski definition) is 3. The molecule has 1 aliphatic rings. The second kappa shape index (κ2) is 8.77. The van der Waals surface area contributed by atoms with Crippen LogP contribution in [0.4, 0.5) is 0 Å². The maximum absolute atomic E-state index is 12.9. The fourth-order valence-electron chi connectivity index (χ4n) is 3.40. The number of carbonyl (C=O) groups is 2. The molecule has 3 rings (SSSR count). The minimum atomic E-state index is -0.0818. The van der Waals surface area contributed by atoms with E-state index in [-0.39, 0.29) is 17.8 Å². The van der Waals surface area contributed by atoms with Crippen LogP contribution in [0.5, 0.6) is 0 Å². The van der Waals surface area contributed by atoms with Gasteiger partial charge in [-0.3, -0.25) is 9.59 Å². The smallest absolute Gasteiger partial charge is 0.254 e. The van der Waals surface area contributed by atoms with Gasteiger partial charge in [0.2, 0.25) is 0 Å². The average molecular weight is 351 g/mol. The molecule has 1 fully saturated rings. The van der Waals surface area contributed by atoms with Gasteiger partial charge in [0.25, 0.3) is 5.91 Å². The summed E-state index contributed by atoms with van der Waals surface area (Å²) in [5, 5.41) is 0. The fraction of sp³-hybridized carbons (Fsp3) is 0.364.